The van der Waals surface area contributed by atoms with E-state index in [1.165, 1.54) is 0 Å². The molecular formula is C12H14O2S. The van der Waals surface area contributed by atoms with Crippen molar-refractivity contribution in [3.63, 3.8) is 0 Å². The van der Waals surface area contributed by atoms with Crippen molar-refractivity contribution in [3.8, 4) is 0 Å². The first-order valence-electron chi connectivity index (χ1n) is 5.52. The quantitative estimate of drug-likeness (QED) is 0.590. The van der Waals surface area contributed by atoms with Gasteiger partial charge in [0.25, 0.3) is 0 Å². The molecule has 1 heterocycles. The van der Waals surface area contributed by atoms with Crippen LogP contribution in [0.25, 0.3) is 0 Å². The normalized spacial score (nSPS) is 36.5. The average molecular weight is 222 g/mol. The van der Waals surface area contributed by atoms with Crippen molar-refractivity contribution in [3.05, 3.63) is 34.8 Å². The molecule has 0 amide bonds. The van der Waals surface area contributed by atoms with Gasteiger partial charge >= 0.3 is 0 Å². The maximum absolute atomic E-state index is 12.2. The van der Waals surface area contributed by atoms with Gasteiger partial charge in [-0.2, -0.15) is 0 Å². The van der Waals surface area contributed by atoms with Gasteiger partial charge in [0.05, 0.1) is 10.2 Å². The molecule has 15 heavy (non-hydrogen) atoms. The molecule has 1 saturated heterocycles. The summed E-state index contributed by atoms with van der Waals surface area (Å²) in [6.45, 7) is 0. The lowest BCUT2D eigenvalue weighted by molar-refractivity contribution is 0.549. The first-order valence-corrected chi connectivity index (χ1v) is 7.07. The minimum Gasteiger partial charge on any atom is -0.223 e. The standard InChI is InChI=1S/C12H14O2S/c13-15(14)11-7-3-1-5-9(11)10-6-2-4-8-12(10)15/h3,6-9,11H,1-2,4-5H2. The molecule has 3 rings (SSSR count). The molecule has 2 aliphatic carbocycles. The van der Waals surface area contributed by atoms with Crippen LogP contribution in [0.15, 0.2) is 34.8 Å². The van der Waals surface area contributed by atoms with E-state index in [0.29, 0.717) is 4.91 Å². The molecule has 0 aromatic heterocycles. The Labute approximate surface area is 90.3 Å². The van der Waals surface area contributed by atoms with E-state index in [4.69, 9.17) is 0 Å². The van der Waals surface area contributed by atoms with Crippen LogP contribution in [-0.4, -0.2) is 13.7 Å². The van der Waals surface area contributed by atoms with Gasteiger partial charge in [0.15, 0.2) is 9.84 Å². The van der Waals surface area contributed by atoms with E-state index >= 15 is 0 Å². The van der Waals surface area contributed by atoms with Crippen molar-refractivity contribution in [1.82, 2.24) is 0 Å². The summed E-state index contributed by atoms with van der Waals surface area (Å²) in [5, 5.41) is -0.262. The number of rotatable bonds is 0. The second-order valence-electron chi connectivity index (χ2n) is 4.43. The molecule has 0 radical (unpaired) electrons. The Kier molecular flexibility index (Phi) is 1.93. The predicted molar refractivity (Wildman–Crippen MR) is 60.0 cm³/mol. The van der Waals surface area contributed by atoms with Gasteiger partial charge < -0.3 is 0 Å². The Balaban J connectivity index is 2.20. The third-order valence-corrected chi connectivity index (χ3v) is 5.79. The third-order valence-electron chi connectivity index (χ3n) is 3.58. The molecule has 3 heteroatoms. The van der Waals surface area contributed by atoms with Crippen LogP contribution >= 0.6 is 0 Å². The number of fused-ring (bicyclic) bond motifs is 3. The summed E-state index contributed by atoms with van der Waals surface area (Å²) in [6.07, 6.45) is 11.8. The molecule has 0 saturated carbocycles. The first kappa shape index (κ1) is 9.40. The smallest absolute Gasteiger partial charge is 0.185 e. The lowest BCUT2D eigenvalue weighted by atomic mass is 9.85. The van der Waals surface area contributed by atoms with Crippen LogP contribution in [0.3, 0.4) is 0 Å². The molecule has 0 N–H and O–H groups in total. The van der Waals surface area contributed by atoms with E-state index in [1.54, 1.807) is 0 Å². The molecule has 80 valence electrons. The second kappa shape index (κ2) is 3.08. The highest BCUT2D eigenvalue weighted by Gasteiger charge is 2.46. The van der Waals surface area contributed by atoms with Crippen molar-refractivity contribution in [2.45, 2.75) is 30.9 Å². The summed E-state index contributed by atoms with van der Waals surface area (Å²) in [4.78, 5) is 0.635. The van der Waals surface area contributed by atoms with Gasteiger partial charge in [-0.15, -0.1) is 0 Å². The zero-order valence-electron chi connectivity index (χ0n) is 8.52. The fourth-order valence-corrected chi connectivity index (χ4v) is 5.13. The first-order chi connectivity index (χ1) is 7.21. The van der Waals surface area contributed by atoms with E-state index in [2.05, 4.69) is 6.08 Å². The van der Waals surface area contributed by atoms with Gasteiger partial charge in [-0.3, -0.25) is 0 Å². The van der Waals surface area contributed by atoms with Crippen molar-refractivity contribution >= 4 is 9.84 Å². The van der Waals surface area contributed by atoms with Gasteiger partial charge in [-0.25, -0.2) is 8.42 Å². The average Bonchev–Trinajstić information content (AvgIpc) is 2.51. The molecule has 2 atom stereocenters. The maximum Gasteiger partial charge on any atom is 0.185 e. The van der Waals surface area contributed by atoms with Crippen LogP contribution in [-0.2, 0) is 9.84 Å². The number of allylic oxidation sites excluding steroid dienone is 4. The summed E-state index contributed by atoms with van der Waals surface area (Å²) in [7, 11) is -3.04. The van der Waals surface area contributed by atoms with Crippen LogP contribution in [0, 0.1) is 5.92 Å². The molecular weight excluding hydrogens is 208 g/mol. The highest BCUT2D eigenvalue weighted by molar-refractivity contribution is 7.96. The summed E-state index contributed by atoms with van der Waals surface area (Å²) in [5.74, 6) is 0.242. The summed E-state index contributed by atoms with van der Waals surface area (Å²) in [5.41, 5.74) is 1.11. The fraction of sp³-hybridized carbons (Fsp3) is 0.500. The minimum absolute atomic E-state index is 0.242. The summed E-state index contributed by atoms with van der Waals surface area (Å²) < 4.78 is 24.4. The van der Waals surface area contributed by atoms with Crippen LogP contribution in [0.2, 0.25) is 0 Å². The zero-order valence-corrected chi connectivity index (χ0v) is 9.33. The van der Waals surface area contributed by atoms with Gasteiger partial charge in [-0.05, 0) is 31.3 Å². The lowest BCUT2D eigenvalue weighted by Crippen LogP contribution is -2.21. The SMILES string of the molecule is O=S1(=O)C2=CCCC=C2C2CCC=CC21. The molecule has 1 aliphatic heterocycles. The highest BCUT2D eigenvalue weighted by atomic mass is 32.2. The Hall–Kier alpha value is -0.830. The fourth-order valence-electron chi connectivity index (χ4n) is 2.89. The molecule has 1 fully saturated rings. The van der Waals surface area contributed by atoms with Crippen LogP contribution < -0.4 is 0 Å². The molecule has 0 bridgehead atoms. The molecule has 3 aliphatic rings. The topological polar surface area (TPSA) is 34.1 Å². The largest absolute Gasteiger partial charge is 0.223 e. The van der Waals surface area contributed by atoms with Crippen LogP contribution in [0.4, 0.5) is 0 Å². The van der Waals surface area contributed by atoms with E-state index < -0.39 is 9.84 Å². The zero-order chi connectivity index (χ0) is 10.5. The minimum atomic E-state index is -3.04. The van der Waals surface area contributed by atoms with Gasteiger partial charge in [0, 0.05) is 5.92 Å². The van der Waals surface area contributed by atoms with E-state index in [9.17, 15) is 8.42 Å². The van der Waals surface area contributed by atoms with Gasteiger partial charge in [-0.1, -0.05) is 24.3 Å². The molecule has 2 nitrogen and oxygen atoms in total. The third kappa shape index (κ3) is 1.19. The second-order valence-corrected chi connectivity index (χ2v) is 6.50. The van der Waals surface area contributed by atoms with Gasteiger partial charge in [0.1, 0.15) is 0 Å². The maximum atomic E-state index is 12.2. The van der Waals surface area contributed by atoms with Crippen molar-refractivity contribution in [1.29, 1.82) is 0 Å². The van der Waals surface area contributed by atoms with Crippen molar-refractivity contribution in [2.24, 2.45) is 5.92 Å². The predicted octanol–water partition coefficient (Wildman–Crippen LogP) is 2.35. The van der Waals surface area contributed by atoms with Crippen molar-refractivity contribution in [2.75, 3.05) is 0 Å². The van der Waals surface area contributed by atoms with Crippen LogP contribution in [0.5, 0.6) is 0 Å². The number of sulfone groups is 1. The number of hydrogen-bond acceptors (Lipinski definition) is 2. The lowest BCUT2D eigenvalue weighted by Gasteiger charge is -2.19. The molecule has 0 aromatic rings. The monoisotopic (exact) mass is 222 g/mol. The molecule has 0 aromatic carbocycles. The Morgan fingerprint density at radius 1 is 1.13 bits per heavy atom. The van der Waals surface area contributed by atoms with Gasteiger partial charge in [0.2, 0.25) is 0 Å². The molecule has 0 spiro atoms. The highest BCUT2D eigenvalue weighted by Crippen LogP contribution is 2.47. The van der Waals surface area contributed by atoms with Crippen molar-refractivity contribution < 1.29 is 8.42 Å². The number of hydrogen-bond donors (Lipinski definition) is 0. The van der Waals surface area contributed by atoms with E-state index in [0.717, 1.165) is 31.3 Å². The Morgan fingerprint density at radius 2 is 1.93 bits per heavy atom. The molecule has 2 unspecified atom stereocenters. The Bertz CT molecular complexity index is 480. The summed E-state index contributed by atoms with van der Waals surface area (Å²) in [6, 6.07) is 0. The Morgan fingerprint density at radius 3 is 2.80 bits per heavy atom. The van der Waals surface area contributed by atoms with E-state index in [-0.39, 0.29) is 11.2 Å². The summed E-state index contributed by atoms with van der Waals surface area (Å²) >= 11 is 0. The van der Waals surface area contributed by atoms with E-state index in [1.807, 2.05) is 18.2 Å². The van der Waals surface area contributed by atoms with Crippen LogP contribution in [0.1, 0.15) is 25.7 Å².